The van der Waals surface area contributed by atoms with E-state index in [2.05, 4.69) is 52.0 Å². The molecule has 0 aromatic carbocycles. The summed E-state index contributed by atoms with van der Waals surface area (Å²) in [6, 6.07) is 0. The second-order valence-electron chi connectivity index (χ2n) is 27.8. The van der Waals surface area contributed by atoms with Crippen LogP contribution in [-0.2, 0) is 65.4 Å². The Kier molecular flexibility index (Phi) is 71.0. The zero-order valence-corrected chi connectivity index (χ0v) is 65.0. The summed E-state index contributed by atoms with van der Waals surface area (Å²) in [4.78, 5) is 72.8. The van der Waals surface area contributed by atoms with Gasteiger partial charge in [0.25, 0.3) is 0 Å². The predicted octanol–water partition coefficient (Wildman–Crippen LogP) is 23.3. The van der Waals surface area contributed by atoms with Crippen LogP contribution in [0.5, 0.6) is 0 Å². The number of carbonyl (C=O) groups excluding carboxylic acids is 4. The largest absolute Gasteiger partial charge is 0.472 e. The van der Waals surface area contributed by atoms with Crippen LogP contribution in [0.15, 0.2) is 24.3 Å². The van der Waals surface area contributed by atoms with Crippen molar-refractivity contribution in [3.63, 3.8) is 0 Å². The Balaban J connectivity index is 5.21. The summed E-state index contributed by atoms with van der Waals surface area (Å²) < 4.78 is 68.5. The van der Waals surface area contributed by atoms with Gasteiger partial charge in [-0.05, 0) is 51.4 Å². The van der Waals surface area contributed by atoms with Gasteiger partial charge in [-0.2, -0.15) is 0 Å². The van der Waals surface area contributed by atoms with E-state index in [-0.39, 0.29) is 25.7 Å². The number of allylic oxidation sites excluding steroid dienone is 4. The summed E-state index contributed by atoms with van der Waals surface area (Å²) in [5, 5.41) is 10.6. The Morgan fingerprint density at radius 2 is 0.490 bits per heavy atom. The molecule has 19 heteroatoms. The fourth-order valence-corrected chi connectivity index (χ4v) is 13.3. The van der Waals surface area contributed by atoms with Gasteiger partial charge in [0.15, 0.2) is 12.2 Å². The first-order valence-electron chi connectivity index (χ1n) is 40.6. The Bertz CT molecular complexity index is 1950. The molecule has 2 unspecified atom stereocenters. The standard InChI is InChI=1S/C79H150O17P2/c1-5-9-13-17-21-25-28-31-34-35-36-37-38-39-41-44-47-50-54-58-62-66-79(84)96-75(70-90-77(82)64-60-56-52-48-45-43-40-32-29-26-22-18-14-10-6-2)72-94-98(87,88)92-68-73(80)67-91-97(85,86)93-71-74(69-89-76(81)63-59-55-51-24-20-16-12-8-4)95-78(83)65-61-57-53-49-46-42-33-30-27-23-19-15-11-7-3/h26,29,32,40,73-75,80H,5-25,27-28,30-31,33-39,41-72H2,1-4H3,(H,85,86)(H,87,88)/b29-26-,40-32-/t73-,74+,75+/m0/s1. The number of unbranched alkanes of at least 4 members (excludes halogenated alkanes) is 49. The lowest BCUT2D eigenvalue weighted by Crippen LogP contribution is -2.30. The van der Waals surface area contributed by atoms with Crippen LogP contribution in [0.4, 0.5) is 0 Å². The van der Waals surface area contributed by atoms with Crippen molar-refractivity contribution in [2.45, 2.75) is 418 Å². The van der Waals surface area contributed by atoms with Gasteiger partial charge in [-0.3, -0.25) is 37.3 Å². The molecule has 0 aromatic heterocycles. The molecule has 3 N–H and O–H groups in total. The topological polar surface area (TPSA) is 237 Å². The van der Waals surface area contributed by atoms with Gasteiger partial charge >= 0.3 is 39.5 Å². The quantitative estimate of drug-likeness (QED) is 0.0169. The molecule has 0 aliphatic heterocycles. The number of rotatable bonds is 78. The van der Waals surface area contributed by atoms with Gasteiger partial charge in [-0.15, -0.1) is 0 Å². The second kappa shape index (κ2) is 72.9. The minimum absolute atomic E-state index is 0.102. The number of aliphatic hydroxyl groups excluding tert-OH is 1. The van der Waals surface area contributed by atoms with Crippen LogP contribution in [0.25, 0.3) is 0 Å². The Morgan fingerprint density at radius 1 is 0.286 bits per heavy atom. The summed E-state index contributed by atoms with van der Waals surface area (Å²) in [5.41, 5.74) is 0. The van der Waals surface area contributed by atoms with Gasteiger partial charge in [0.2, 0.25) is 0 Å². The number of phosphoric acid groups is 2. The van der Waals surface area contributed by atoms with E-state index in [0.29, 0.717) is 25.7 Å². The first-order valence-corrected chi connectivity index (χ1v) is 43.6. The fourth-order valence-electron chi connectivity index (χ4n) is 11.7. The number of phosphoric ester groups is 2. The Morgan fingerprint density at radius 3 is 0.745 bits per heavy atom. The molecule has 5 atom stereocenters. The lowest BCUT2D eigenvalue weighted by atomic mass is 10.0. The summed E-state index contributed by atoms with van der Waals surface area (Å²) in [6.45, 7) is 4.92. The fraction of sp³-hybridized carbons (Fsp3) is 0.899. The van der Waals surface area contributed by atoms with E-state index in [0.717, 1.165) is 116 Å². The Labute approximate surface area is 599 Å². The van der Waals surface area contributed by atoms with Crippen molar-refractivity contribution in [2.75, 3.05) is 39.6 Å². The van der Waals surface area contributed by atoms with Crippen LogP contribution in [-0.4, -0.2) is 96.7 Å². The van der Waals surface area contributed by atoms with Gasteiger partial charge in [-0.1, -0.05) is 347 Å². The molecule has 0 rings (SSSR count). The number of carbonyl (C=O) groups is 4. The van der Waals surface area contributed by atoms with E-state index in [1.165, 1.54) is 205 Å². The molecule has 0 aliphatic rings. The van der Waals surface area contributed by atoms with Gasteiger partial charge in [0, 0.05) is 25.7 Å². The average molecular weight is 1430 g/mol. The van der Waals surface area contributed by atoms with E-state index >= 15 is 0 Å². The van der Waals surface area contributed by atoms with Gasteiger partial charge in [0.05, 0.1) is 26.4 Å². The first-order chi connectivity index (χ1) is 47.7. The molecule has 0 saturated carbocycles. The van der Waals surface area contributed by atoms with Gasteiger partial charge < -0.3 is 33.8 Å². The molecule has 17 nitrogen and oxygen atoms in total. The van der Waals surface area contributed by atoms with E-state index in [9.17, 15) is 43.2 Å². The van der Waals surface area contributed by atoms with Crippen molar-refractivity contribution in [1.82, 2.24) is 0 Å². The van der Waals surface area contributed by atoms with Crippen molar-refractivity contribution < 1.29 is 80.2 Å². The third-order valence-corrected chi connectivity index (χ3v) is 19.9. The maximum atomic E-state index is 13.1. The zero-order chi connectivity index (χ0) is 71.8. The van der Waals surface area contributed by atoms with Crippen LogP contribution in [0.3, 0.4) is 0 Å². The van der Waals surface area contributed by atoms with Crippen LogP contribution >= 0.6 is 15.6 Å². The van der Waals surface area contributed by atoms with Crippen molar-refractivity contribution >= 4 is 39.5 Å². The molecule has 0 amide bonds. The number of aliphatic hydroxyl groups is 1. The molecule has 0 spiro atoms. The lowest BCUT2D eigenvalue weighted by molar-refractivity contribution is -0.161. The SMILES string of the molecule is CCCCCC/C=C\C=C/CCCCCCCC(=O)OC[C@H](COP(=O)(O)OC[C@@H](O)COP(=O)(O)OC[C@@H](COC(=O)CCCCCCCCCC)OC(=O)CCCCCCCCCCCCCCCC)OC(=O)CCCCCCCCCCCCCCCCCCCCCCC. The van der Waals surface area contributed by atoms with Crippen LogP contribution in [0.1, 0.15) is 400 Å². The second-order valence-corrected chi connectivity index (χ2v) is 30.7. The third-order valence-electron chi connectivity index (χ3n) is 18.0. The lowest BCUT2D eigenvalue weighted by Gasteiger charge is -2.21. The highest BCUT2D eigenvalue weighted by Crippen LogP contribution is 2.45. The smallest absolute Gasteiger partial charge is 0.462 e. The number of hydrogen-bond acceptors (Lipinski definition) is 15. The minimum atomic E-state index is -4.97. The molecule has 0 radical (unpaired) electrons. The van der Waals surface area contributed by atoms with Crippen molar-refractivity contribution in [3.8, 4) is 0 Å². The average Bonchev–Trinajstić information content (AvgIpc) is 0.988. The van der Waals surface area contributed by atoms with Gasteiger partial charge in [-0.25, -0.2) is 9.13 Å². The monoisotopic (exact) mass is 1430 g/mol. The number of ether oxygens (including phenoxy) is 4. The predicted molar refractivity (Wildman–Crippen MR) is 400 cm³/mol. The maximum absolute atomic E-state index is 13.1. The van der Waals surface area contributed by atoms with Crippen molar-refractivity contribution in [3.05, 3.63) is 24.3 Å². The molecular formula is C79H150O17P2. The first kappa shape index (κ1) is 95.5. The maximum Gasteiger partial charge on any atom is 0.472 e. The Hall–Kier alpha value is -2.46. The highest BCUT2D eigenvalue weighted by atomic mass is 31.2. The summed E-state index contributed by atoms with van der Waals surface area (Å²) in [7, 11) is -9.92. The summed E-state index contributed by atoms with van der Waals surface area (Å²) in [5.74, 6) is -2.14. The molecule has 0 aromatic rings. The molecule has 0 saturated heterocycles. The number of esters is 4. The van der Waals surface area contributed by atoms with Crippen molar-refractivity contribution in [2.24, 2.45) is 0 Å². The highest BCUT2D eigenvalue weighted by Gasteiger charge is 2.30. The van der Waals surface area contributed by atoms with Gasteiger partial charge in [0.1, 0.15) is 19.3 Å². The summed E-state index contributed by atoms with van der Waals surface area (Å²) >= 11 is 0. The molecule has 0 heterocycles. The molecule has 0 fully saturated rings. The van der Waals surface area contributed by atoms with E-state index < -0.39 is 97.5 Å². The van der Waals surface area contributed by atoms with Crippen LogP contribution < -0.4 is 0 Å². The molecular weight excluding hydrogens is 1280 g/mol. The van der Waals surface area contributed by atoms with Crippen LogP contribution in [0, 0.1) is 0 Å². The third kappa shape index (κ3) is 71.9. The minimum Gasteiger partial charge on any atom is -0.462 e. The zero-order valence-electron chi connectivity index (χ0n) is 63.2. The summed E-state index contributed by atoms with van der Waals surface area (Å²) in [6.07, 6.45) is 67.5. The molecule has 98 heavy (non-hydrogen) atoms. The van der Waals surface area contributed by atoms with E-state index in [1.807, 2.05) is 0 Å². The van der Waals surface area contributed by atoms with Crippen molar-refractivity contribution in [1.29, 1.82) is 0 Å². The van der Waals surface area contributed by atoms with Crippen LogP contribution in [0.2, 0.25) is 0 Å². The molecule has 0 bridgehead atoms. The van der Waals surface area contributed by atoms with E-state index in [4.69, 9.17) is 37.0 Å². The van der Waals surface area contributed by atoms with E-state index in [1.54, 1.807) is 0 Å². The normalized spacial score (nSPS) is 14.0. The number of hydrogen-bond donors (Lipinski definition) is 3. The molecule has 578 valence electrons. The highest BCUT2D eigenvalue weighted by molar-refractivity contribution is 7.47. The molecule has 0 aliphatic carbocycles.